The summed E-state index contributed by atoms with van der Waals surface area (Å²) in [5, 5.41) is 3.04. The molecule has 2 heterocycles. The maximum absolute atomic E-state index is 6.34. The Kier molecular flexibility index (Phi) is 4.42. The van der Waals surface area contributed by atoms with E-state index in [1.807, 2.05) is 30.3 Å². The van der Waals surface area contributed by atoms with Crippen LogP contribution in [0.5, 0.6) is 5.75 Å². The predicted octanol–water partition coefficient (Wildman–Crippen LogP) is 6.57. The second-order valence-electron chi connectivity index (χ2n) is 6.99. The van der Waals surface area contributed by atoms with Crippen molar-refractivity contribution >= 4 is 27.9 Å². The van der Waals surface area contributed by atoms with Gasteiger partial charge >= 0.3 is 0 Å². The van der Waals surface area contributed by atoms with Gasteiger partial charge in [-0.05, 0) is 60.0 Å². The summed E-state index contributed by atoms with van der Waals surface area (Å²) in [6.45, 7) is 0. The Hall–Kier alpha value is -3.36. The number of halogens is 1. The molecule has 0 amide bonds. The first-order valence-corrected chi connectivity index (χ1v) is 9.89. The molecule has 0 atom stereocenters. The Balaban J connectivity index is 1.91. The molecule has 0 N–H and O–H groups in total. The van der Waals surface area contributed by atoms with Crippen LogP contribution >= 0.6 is 11.6 Å². The Morgan fingerprint density at radius 2 is 1.45 bits per heavy atom. The highest BCUT2D eigenvalue weighted by Gasteiger charge is 2.21. The zero-order valence-electron chi connectivity index (χ0n) is 16.0. The molecule has 0 fully saturated rings. The van der Waals surface area contributed by atoms with Gasteiger partial charge in [0.25, 0.3) is 0 Å². The van der Waals surface area contributed by atoms with E-state index in [-0.39, 0.29) is 0 Å². The fraction of sp³-hybridized carbons (Fsp3) is 0.0385. The molecule has 0 saturated carbocycles. The maximum atomic E-state index is 6.34. The van der Waals surface area contributed by atoms with E-state index in [0.29, 0.717) is 0 Å². The third kappa shape index (κ3) is 3.12. The molecule has 140 valence electrons. The highest BCUT2D eigenvalue weighted by Crippen LogP contribution is 2.29. The quantitative estimate of drug-likeness (QED) is 0.248. The van der Waals surface area contributed by atoms with E-state index in [4.69, 9.17) is 16.3 Å². The van der Waals surface area contributed by atoms with Crippen LogP contribution in [0.2, 0.25) is 5.02 Å². The molecule has 0 aliphatic carbocycles. The molecule has 0 radical (unpaired) electrons. The lowest BCUT2D eigenvalue weighted by atomic mass is 10.0. The minimum Gasteiger partial charge on any atom is -0.497 e. The lowest BCUT2D eigenvalue weighted by Crippen LogP contribution is -2.28. The van der Waals surface area contributed by atoms with E-state index in [1.165, 1.54) is 10.9 Å². The zero-order chi connectivity index (χ0) is 19.8. The Morgan fingerprint density at radius 3 is 2.21 bits per heavy atom. The van der Waals surface area contributed by atoms with Crippen molar-refractivity contribution in [3.8, 4) is 28.3 Å². The molecule has 0 unspecified atom stereocenters. The average molecular weight is 397 g/mol. The number of fused-ring (bicyclic) bond motifs is 3. The number of hydrogen-bond acceptors (Lipinski definition) is 1. The summed E-state index contributed by atoms with van der Waals surface area (Å²) < 4.78 is 7.65. The number of aromatic nitrogens is 1. The van der Waals surface area contributed by atoms with Gasteiger partial charge in [-0.3, -0.25) is 0 Å². The summed E-state index contributed by atoms with van der Waals surface area (Å²) >= 11 is 6.34. The summed E-state index contributed by atoms with van der Waals surface area (Å²) in [5.41, 5.74) is 5.67. The van der Waals surface area contributed by atoms with Gasteiger partial charge in [0.15, 0.2) is 0 Å². The van der Waals surface area contributed by atoms with E-state index in [0.717, 1.165) is 38.6 Å². The maximum Gasteiger partial charge on any atom is 0.219 e. The molecule has 5 rings (SSSR count). The third-order valence-corrected chi connectivity index (χ3v) is 5.50. The van der Waals surface area contributed by atoms with Crippen LogP contribution < -0.4 is 9.14 Å². The summed E-state index contributed by atoms with van der Waals surface area (Å²) in [4.78, 5) is 0. The first kappa shape index (κ1) is 17.7. The van der Waals surface area contributed by atoms with Crippen LogP contribution in [0.25, 0.3) is 38.8 Å². The summed E-state index contributed by atoms with van der Waals surface area (Å²) in [5.74, 6) is 0.847. The van der Waals surface area contributed by atoms with Crippen LogP contribution in [-0.4, -0.2) is 7.11 Å². The van der Waals surface area contributed by atoms with E-state index < -0.39 is 0 Å². The molecule has 0 aliphatic heterocycles. The minimum atomic E-state index is 0.738. The van der Waals surface area contributed by atoms with Crippen molar-refractivity contribution in [1.82, 2.24) is 0 Å². The highest BCUT2D eigenvalue weighted by atomic mass is 35.5. The van der Waals surface area contributed by atoms with Gasteiger partial charge in [-0.1, -0.05) is 35.9 Å². The average Bonchev–Trinajstić information content (AvgIpc) is 2.79. The first-order valence-electron chi connectivity index (χ1n) is 9.51. The normalized spacial score (nSPS) is 11.1. The predicted molar refractivity (Wildman–Crippen MR) is 120 cm³/mol. The Morgan fingerprint density at radius 1 is 0.690 bits per heavy atom. The molecular formula is C26H19ClNO+. The molecule has 0 aliphatic rings. The fourth-order valence-corrected chi connectivity index (χ4v) is 4.05. The summed E-state index contributed by atoms with van der Waals surface area (Å²) in [6.07, 6.45) is 0. The number of pyridine rings is 2. The van der Waals surface area contributed by atoms with E-state index in [9.17, 15) is 0 Å². The third-order valence-electron chi connectivity index (χ3n) is 5.27. The lowest BCUT2D eigenvalue weighted by Gasteiger charge is -2.09. The summed E-state index contributed by atoms with van der Waals surface area (Å²) in [7, 11) is 1.69. The highest BCUT2D eigenvalue weighted by molar-refractivity contribution is 6.31. The standard InChI is InChI=1S/C26H19ClNO/c1-29-22-14-11-19(12-15-22)24-8-5-9-25-23-17-21(27)13-10-20(23)16-26(28(24)25)18-6-3-2-4-7-18/h2-17H,1H3/q+1. The molecule has 0 saturated heterocycles. The van der Waals surface area contributed by atoms with Crippen LogP contribution in [-0.2, 0) is 0 Å². The molecule has 29 heavy (non-hydrogen) atoms. The summed E-state index contributed by atoms with van der Waals surface area (Å²) in [6, 6.07) is 33.4. The monoisotopic (exact) mass is 396 g/mol. The van der Waals surface area contributed by atoms with Crippen LogP contribution in [0.3, 0.4) is 0 Å². The van der Waals surface area contributed by atoms with Crippen molar-refractivity contribution in [3.63, 3.8) is 0 Å². The van der Waals surface area contributed by atoms with E-state index in [2.05, 4.69) is 71.1 Å². The Bertz CT molecular complexity index is 1330. The molecule has 2 nitrogen and oxygen atoms in total. The van der Waals surface area contributed by atoms with Gasteiger partial charge in [0.2, 0.25) is 16.9 Å². The molecule has 0 bridgehead atoms. The molecule has 0 spiro atoms. The zero-order valence-corrected chi connectivity index (χ0v) is 16.7. The fourth-order valence-electron chi connectivity index (χ4n) is 3.88. The van der Waals surface area contributed by atoms with Crippen LogP contribution in [0.15, 0.2) is 97.1 Å². The number of benzene rings is 3. The van der Waals surface area contributed by atoms with Crippen molar-refractivity contribution < 1.29 is 9.14 Å². The van der Waals surface area contributed by atoms with Gasteiger partial charge in [-0.25, -0.2) is 0 Å². The largest absolute Gasteiger partial charge is 0.497 e. The van der Waals surface area contributed by atoms with Gasteiger partial charge in [-0.15, -0.1) is 0 Å². The second-order valence-corrected chi connectivity index (χ2v) is 7.42. The number of ether oxygens (including phenoxy) is 1. The number of methoxy groups -OCH3 is 1. The van der Waals surface area contributed by atoms with Crippen molar-refractivity contribution in [2.75, 3.05) is 7.11 Å². The molecule has 3 heteroatoms. The van der Waals surface area contributed by atoms with Crippen molar-refractivity contribution in [1.29, 1.82) is 0 Å². The number of hydrogen-bond donors (Lipinski definition) is 0. The molecule has 2 aromatic heterocycles. The second kappa shape index (κ2) is 7.23. The first-order chi connectivity index (χ1) is 14.2. The SMILES string of the molecule is COc1ccc(-c2cccc3c4cc(Cl)ccc4cc(-c4ccccc4)[n+]23)cc1. The van der Waals surface area contributed by atoms with Gasteiger partial charge in [0, 0.05) is 34.3 Å². The van der Waals surface area contributed by atoms with Gasteiger partial charge < -0.3 is 4.74 Å². The van der Waals surface area contributed by atoms with Crippen LogP contribution in [0.4, 0.5) is 0 Å². The molecule has 5 aromatic rings. The van der Waals surface area contributed by atoms with E-state index >= 15 is 0 Å². The Labute approximate surface area is 174 Å². The van der Waals surface area contributed by atoms with Crippen molar-refractivity contribution in [3.05, 3.63) is 102 Å². The number of rotatable bonds is 3. The molecule has 3 aromatic carbocycles. The smallest absolute Gasteiger partial charge is 0.219 e. The minimum absolute atomic E-state index is 0.738. The topological polar surface area (TPSA) is 13.3 Å². The van der Waals surface area contributed by atoms with Crippen molar-refractivity contribution in [2.45, 2.75) is 0 Å². The van der Waals surface area contributed by atoms with Crippen LogP contribution in [0, 0.1) is 0 Å². The van der Waals surface area contributed by atoms with Crippen molar-refractivity contribution in [2.24, 2.45) is 0 Å². The molecular weight excluding hydrogens is 378 g/mol. The number of nitrogens with zero attached hydrogens (tertiary/aromatic N) is 1. The van der Waals surface area contributed by atoms with Gasteiger partial charge in [0.05, 0.1) is 12.5 Å². The van der Waals surface area contributed by atoms with Gasteiger partial charge in [-0.2, -0.15) is 4.40 Å². The van der Waals surface area contributed by atoms with Crippen LogP contribution in [0.1, 0.15) is 0 Å². The lowest BCUT2D eigenvalue weighted by molar-refractivity contribution is -0.485. The van der Waals surface area contributed by atoms with E-state index in [1.54, 1.807) is 7.11 Å². The van der Waals surface area contributed by atoms with Gasteiger partial charge in [0.1, 0.15) is 5.75 Å².